The van der Waals surface area contributed by atoms with Gasteiger partial charge in [0.15, 0.2) is 0 Å². The fourth-order valence-electron chi connectivity index (χ4n) is 2.42. The zero-order valence-corrected chi connectivity index (χ0v) is 11.4. The Morgan fingerprint density at radius 3 is 2.57 bits per heavy atom. The van der Waals surface area contributed by atoms with Gasteiger partial charge in [-0.1, -0.05) is 12.1 Å². The van der Waals surface area contributed by atoms with Gasteiger partial charge in [-0.3, -0.25) is 4.79 Å². The largest absolute Gasteiger partial charge is 0.416 e. The summed E-state index contributed by atoms with van der Waals surface area (Å²) < 4.78 is 37.3. The van der Waals surface area contributed by atoms with E-state index in [2.05, 4.69) is 0 Å². The van der Waals surface area contributed by atoms with Crippen molar-refractivity contribution in [2.24, 2.45) is 5.73 Å². The second-order valence-corrected chi connectivity index (χ2v) is 5.02. The molecule has 21 heavy (non-hydrogen) atoms. The highest BCUT2D eigenvalue weighted by Crippen LogP contribution is 2.29. The molecule has 0 radical (unpaired) electrons. The van der Waals surface area contributed by atoms with Crippen molar-refractivity contribution in [3.05, 3.63) is 41.5 Å². The first-order valence-corrected chi connectivity index (χ1v) is 6.78. The van der Waals surface area contributed by atoms with Gasteiger partial charge in [-0.25, -0.2) is 0 Å². The van der Waals surface area contributed by atoms with Crippen LogP contribution in [0, 0.1) is 0 Å². The Bertz CT molecular complexity index is 523. The van der Waals surface area contributed by atoms with Crippen LogP contribution < -0.4 is 5.73 Å². The van der Waals surface area contributed by atoms with E-state index in [4.69, 9.17) is 5.73 Å². The Labute approximate surface area is 121 Å². The molecule has 1 saturated heterocycles. The number of rotatable bonds is 3. The van der Waals surface area contributed by atoms with Gasteiger partial charge in [-0.2, -0.15) is 13.2 Å². The molecule has 1 amide bonds. The number of likely N-dealkylation sites (tertiary alicyclic amines) is 1. The third-order valence-electron chi connectivity index (χ3n) is 3.59. The maximum Gasteiger partial charge on any atom is 0.416 e. The van der Waals surface area contributed by atoms with E-state index in [0.29, 0.717) is 18.7 Å². The smallest absolute Gasteiger partial charge is 0.335 e. The van der Waals surface area contributed by atoms with Crippen molar-refractivity contribution in [3.8, 4) is 0 Å². The lowest BCUT2D eigenvalue weighted by Gasteiger charge is -2.21. The molecule has 0 spiro atoms. The molecule has 0 saturated carbocycles. The number of amides is 1. The summed E-state index contributed by atoms with van der Waals surface area (Å²) in [5.41, 5.74) is 5.46. The number of benzene rings is 1. The normalized spacial score (nSPS) is 19.4. The van der Waals surface area contributed by atoms with E-state index >= 15 is 0 Å². The van der Waals surface area contributed by atoms with Crippen LogP contribution in [0.4, 0.5) is 13.2 Å². The Hall–Kier alpha value is -1.82. The zero-order valence-electron chi connectivity index (χ0n) is 11.4. The van der Waals surface area contributed by atoms with Crippen LogP contribution in [0.3, 0.4) is 0 Å². The molecule has 1 heterocycles. The van der Waals surface area contributed by atoms with Gasteiger partial charge in [0.25, 0.3) is 0 Å². The lowest BCUT2D eigenvalue weighted by Crippen LogP contribution is -2.38. The van der Waals surface area contributed by atoms with Gasteiger partial charge >= 0.3 is 6.18 Å². The average Bonchev–Trinajstić information content (AvgIpc) is 2.92. The number of nitrogens with zero attached hydrogens (tertiary/aromatic N) is 1. The van der Waals surface area contributed by atoms with Crippen LogP contribution in [-0.4, -0.2) is 29.9 Å². The van der Waals surface area contributed by atoms with Gasteiger partial charge in [0.05, 0.1) is 5.56 Å². The van der Waals surface area contributed by atoms with Gasteiger partial charge in [0.2, 0.25) is 5.91 Å². The summed E-state index contributed by atoms with van der Waals surface area (Å²) in [5.74, 6) is -0.150. The van der Waals surface area contributed by atoms with Crippen molar-refractivity contribution in [1.29, 1.82) is 0 Å². The van der Waals surface area contributed by atoms with Crippen LogP contribution in [-0.2, 0) is 11.0 Å². The Balaban J connectivity index is 2.02. The second kappa shape index (κ2) is 6.30. The summed E-state index contributed by atoms with van der Waals surface area (Å²) >= 11 is 0. The molecule has 1 aliphatic heterocycles. The molecule has 1 aromatic rings. The third-order valence-corrected chi connectivity index (χ3v) is 3.59. The lowest BCUT2D eigenvalue weighted by molar-refractivity contribution is -0.137. The van der Waals surface area contributed by atoms with Gasteiger partial charge in [-0.15, -0.1) is 0 Å². The summed E-state index contributed by atoms with van der Waals surface area (Å²) in [7, 11) is 0. The van der Waals surface area contributed by atoms with Crippen LogP contribution in [0.5, 0.6) is 0 Å². The summed E-state index contributed by atoms with van der Waals surface area (Å²) in [6.07, 6.45) is 0.394. The monoisotopic (exact) mass is 298 g/mol. The number of nitrogens with two attached hydrogens (primary N) is 1. The van der Waals surface area contributed by atoms with Crippen molar-refractivity contribution < 1.29 is 18.0 Å². The maximum absolute atomic E-state index is 12.4. The van der Waals surface area contributed by atoms with E-state index in [-0.39, 0.29) is 11.9 Å². The molecule has 0 aromatic heterocycles. The summed E-state index contributed by atoms with van der Waals surface area (Å²) in [4.78, 5) is 13.7. The molecule has 0 aliphatic carbocycles. The summed E-state index contributed by atoms with van der Waals surface area (Å²) in [5, 5.41) is 0. The fraction of sp³-hybridized carbons (Fsp3) is 0.400. The second-order valence-electron chi connectivity index (χ2n) is 5.02. The van der Waals surface area contributed by atoms with Crippen molar-refractivity contribution in [3.63, 3.8) is 0 Å². The minimum Gasteiger partial charge on any atom is -0.335 e. The minimum absolute atomic E-state index is 0.0646. The maximum atomic E-state index is 12.4. The fourth-order valence-corrected chi connectivity index (χ4v) is 2.42. The molecule has 0 bridgehead atoms. The summed E-state index contributed by atoms with van der Waals surface area (Å²) in [6, 6.07) is 4.76. The van der Waals surface area contributed by atoms with Gasteiger partial charge < -0.3 is 10.6 Å². The Morgan fingerprint density at radius 2 is 2.00 bits per heavy atom. The molecule has 1 aliphatic rings. The first-order valence-electron chi connectivity index (χ1n) is 6.78. The van der Waals surface area contributed by atoms with Crippen LogP contribution in [0.15, 0.2) is 30.3 Å². The number of carbonyl (C=O) groups excluding carboxylic acids is 1. The third kappa shape index (κ3) is 3.85. The van der Waals surface area contributed by atoms with Crippen molar-refractivity contribution in [2.45, 2.75) is 25.1 Å². The molecule has 3 nitrogen and oxygen atoms in total. The van der Waals surface area contributed by atoms with Crippen LogP contribution in [0.25, 0.3) is 6.08 Å². The summed E-state index contributed by atoms with van der Waals surface area (Å²) in [6.45, 7) is 1.11. The molecule has 1 atom stereocenters. The standard InChI is InChI=1S/C15H17F3N2O/c16-15(17,18)12-6-3-11(4-7-12)5-8-14(21)20-9-1-2-13(20)10-19/h3-8,13H,1-2,9-10,19H2. The van der Waals surface area contributed by atoms with E-state index in [1.165, 1.54) is 24.3 Å². The highest BCUT2D eigenvalue weighted by Gasteiger charge is 2.30. The van der Waals surface area contributed by atoms with Crippen molar-refractivity contribution in [1.82, 2.24) is 4.90 Å². The predicted octanol–water partition coefficient (Wildman–Crippen LogP) is 2.67. The number of carbonyl (C=O) groups is 1. The first-order chi connectivity index (χ1) is 9.91. The van der Waals surface area contributed by atoms with Crippen LogP contribution >= 0.6 is 0 Å². The predicted molar refractivity (Wildman–Crippen MR) is 74.3 cm³/mol. The minimum atomic E-state index is -4.35. The SMILES string of the molecule is NCC1CCCN1C(=O)C=Cc1ccc(C(F)(F)F)cc1. The topological polar surface area (TPSA) is 46.3 Å². The van der Waals surface area contributed by atoms with Crippen LogP contribution in [0.1, 0.15) is 24.0 Å². The molecule has 6 heteroatoms. The van der Waals surface area contributed by atoms with E-state index in [0.717, 1.165) is 25.0 Å². The lowest BCUT2D eigenvalue weighted by atomic mass is 10.1. The molecule has 2 N–H and O–H groups in total. The average molecular weight is 298 g/mol. The molecular formula is C15H17F3N2O. The molecule has 2 rings (SSSR count). The molecular weight excluding hydrogens is 281 g/mol. The highest BCUT2D eigenvalue weighted by molar-refractivity contribution is 5.92. The van der Waals surface area contributed by atoms with E-state index in [1.807, 2.05) is 0 Å². The van der Waals surface area contributed by atoms with E-state index < -0.39 is 11.7 Å². The van der Waals surface area contributed by atoms with Crippen molar-refractivity contribution >= 4 is 12.0 Å². The quantitative estimate of drug-likeness (QED) is 0.872. The number of alkyl halides is 3. The van der Waals surface area contributed by atoms with E-state index in [9.17, 15) is 18.0 Å². The molecule has 1 aromatic carbocycles. The molecule has 1 fully saturated rings. The van der Waals surface area contributed by atoms with Gasteiger partial charge in [0.1, 0.15) is 0 Å². The number of hydrogen-bond acceptors (Lipinski definition) is 2. The Kier molecular flexibility index (Phi) is 4.67. The molecule has 1 unspecified atom stereocenters. The van der Waals surface area contributed by atoms with Crippen LogP contribution in [0.2, 0.25) is 0 Å². The van der Waals surface area contributed by atoms with E-state index in [1.54, 1.807) is 4.90 Å². The number of hydrogen-bond donors (Lipinski definition) is 1. The highest BCUT2D eigenvalue weighted by atomic mass is 19.4. The number of halogens is 3. The molecule has 114 valence electrons. The van der Waals surface area contributed by atoms with Gasteiger partial charge in [-0.05, 0) is 36.6 Å². The zero-order chi connectivity index (χ0) is 15.5. The Morgan fingerprint density at radius 1 is 1.33 bits per heavy atom. The van der Waals surface area contributed by atoms with Gasteiger partial charge in [0, 0.05) is 25.2 Å². The first kappa shape index (κ1) is 15.6. The van der Waals surface area contributed by atoms with Crippen molar-refractivity contribution in [2.75, 3.05) is 13.1 Å².